The van der Waals surface area contributed by atoms with Gasteiger partial charge in [0.05, 0.1) is 0 Å². The molecule has 5 aliphatic rings. The number of hydrazine groups is 1. The van der Waals surface area contributed by atoms with Crippen molar-refractivity contribution in [3.8, 4) is 0 Å². The molecule has 0 bridgehead atoms. The first-order valence-corrected chi connectivity index (χ1v) is 12.7. The fourth-order valence-corrected chi connectivity index (χ4v) is 6.06. The fraction of sp³-hybridized carbons (Fsp3) is 0.680. The van der Waals surface area contributed by atoms with Crippen LogP contribution in [-0.2, 0) is 28.5 Å². The molecule has 2 aliphatic carbocycles. The first kappa shape index (κ1) is 23.3. The van der Waals surface area contributed by atoms with E-state index >= 15 is 0 Å². The van der Waals surface area contributed by atoms with E-state index in [2.05, 4.69) is 10.9 Å². The van der Waals surface area contributed by atoms with Crippen LogP contribution in [0.2, 0.25) is 0 Å². The van der Waals surface area contributed by atoms with Gasteiger partial charge in [-0.1, -0.05) is 18.9 Å². The number of hydrogen-bond donors (Lipinski definition) is 2. The molecule has 9 nitrogen and oxygen atoms in total. The van der Waals surface area contributed by atoms with Crippen molar-refractivity contribution in [2.24, 2.45) is 0 Å². The summed E-state index contributed by atoms with van der Waals surface area (Å²) in [6.07, 6.45) is 5.69. The van der Waals surface area contributed by atoms with Gasteiger partial charge in [-0.15, -0.1) is 0 Å². The third kappa shape index (κ3) is 4.35. The van der Waals surface area contributed by atoms with Gasteiger partial charge in [0.15, 0.2) is 24.0 Å². The van der Waals surface area contributed by atoms with Gasteiger partial charge in [0.25, 0.3) is 11.8 Å². The topological polar surface area (TPSA) is 104 Å². The summed E-state index contributed by atoms with van der Waals surface area (Å²) in [6, 6.07) is 5.21. The van der Waals surface area contributed by atoms with Crippen LogP contribution in [0.15, 0.2) is 24.3 Å². The molecule has 1 aromatic carbocycles. The van der Waals surface area contributed by atoms with Crippen LogP contribution in [0.1, 0.15) is 74.6 Å². The maximum Gasteiger partial charge on any atom is 0.270 e. The smallest absolute Gasteiger partial charge is 0.270 e. The van der Waals surface area contributed by atoms with Crippen LogP contribution in [-0.4, -0.2) is 54.1 Å². The first-order chi connectivity index (χ1) is 17.0. The summed E-state index contributed by atoms with van der Waals surface area (Å²) in [7, 11) is 0. The van der Waals surface area contributed by atoms with E-state index in [0.717, 1.165) is 70.3 Å². The van der Waals surface area contributed by atoms with E-state index in [1.165, 1.54) is 18.2 Å². The minimum atomic E-state index is -1.07. The van der Waals surface area contributed by atoms with Crippen molar-refractivity contribution < 1.29 is 37.7 Å². The Morgan fingerprint density at radius 2 is 1.43 bits per heavy atom. The van der Waals surface area contributed by atoms with Gasteiger partial charge in [0.1, 0.15) is 24.1 Å². The van der Waals surface area contributed by atoms with E-state index in [-0.39, 0.29) is 5.56 Å². The van der Waals surface area contributed by atoms with Crippen LogP contribution in [0.3, 0.4) is 0 Å². The number of ether oxygens (including phenoxy) is 5. The highest BCUT2D eigenvalue weighted by Gasteiger charge is 2.65. The molecule has 3 heterocycles. The summed E-state index contributed by atoms with van der Waals surface area (Å²) < 4.78 is 45.3. The molecule has 3 saturated heterocycles. The summed E-state index contributed by atoms with van der Waals surface area (Å²) in [5, 5.41) is 0. The quantitative estimate of drug-likeness (QED) is 0.615. The number of halogens is 1. The molecule has 0 radical (unpaired) electrons. The van der Waals surface area contributed by atoms with Gasteiger partial charge in [-0.2, -0.15) is 0 Å². The van der Waals surface area contributed by atoms with E-state index in [9.17, 15) is 14.0 Å². The summed E-state index contributed by atoms with van der Waals surface area (Å²) in [5.74, 6) is -3.26. The maximum atomic E-state index is 13.5. The van der Waals surface area contributed by atoms with Crippen molar-refractivity contribution in [2.75, 3.05) is 0 Å². The number of amides is 2. The Bertz CT molecular complexity index is 978. The molecule has 6 rings (SSSR count). The molecule has 2 spiro atoms. The van der Waals surface area contributed by atoms with E-state index in [0.29, 0.717) is 0 Å². The van der Waals surface area contributed by atoms with Gasteiger partial charge in [-0.3, -0.25) is 20.4 Å². The lowest BCUT2D eigenvalue weighted by Crippen LogP contribution is -2.61. The van der Waals surface area contributed by atoms with Crippen LogP contribution >= 0.6 is 0 Å². The molecule has 10 heteroatoms. The zero-order chi connectivity index (χ0) is 24.0. The summed E-state index contributed by atoms with van der Waals surface area (Å²) >= 11 is 0. The predicted molar refractivity (Wildman–Crippen MR) is 118 cm³/mol. The SMILES string of the molecule is O=C(NNC(=O)[C@@H]1O[C@@H]2OC3(CCCCC3)O[C@@H]2[C@H]2OC3(CCCCC3)O[C@@H]21)c1cccc(F)c1. The molecule has 2 amide bonds. The van der Waals surface area contributed by atoms with Crippen molar-refractivity contribution in [1.82, 2.24) is 10.9 Å². The Balaban J connectivity index is 1.20. The lowest BCUT2D eigenvalue weighted by Gasteiger charge is -2.36. The number of carbonyl (C=O) groups is 2. The number of carbonyl (C=O) groups excluding carboxylic acids is 2. The standard InChI is InChI=1S/C25H31FN2O7/c26-16-9-7-8-15(14-16)21(29)27-28-22(30)19-17-18(33-24(32-17)10-3-1-4-11-24)20-23(31-19)35-25(34-20)12-5-2-6-13-25/h7-9,14,17-20,23H,1-6,10-13H2,(H,27,29)(H,28,30)/t17-,18-,19+,20+,23+/m0/s1. The second kappa shape index (κ2) is 9.08. The van der Waals surface area contributed by atoms with E-state index in [1.54, 1.807) is 0 Å². The van der Waals surface area contributed by atoms with E-state index in [1.807, 2.05) is 0 Å². The molecule has 0 aromatic heterocycles. The van der Waals surface area contributed by atoms with Crippen molar-refractivity contribution in [1.29, 1.82) is 0 Å². The Hall–Kier alpha value is -2.11. The number of hydrogen-bond acceptors (Lipinski definition) is 7. The van der Waals surface area contributed by atoms with Gasteiger partial charge in [0, 0.05) is 31.2 Å². The predicted octanol–water partition coefficient (Wildman–Crippen LogP) is 2.83. The Morgan fingerprint density at radius 3 is 2.11 bits per heavy atom. The van der Waals surface area contributed by atoms with Crippen LogP contribution in [0.5, 0.6) is 0 Å². The third-order valence-electron chi connectivity index (χ3n) is 7.75. The molecular weight excluding hydrogens is 459 g/mol. The third-order valence-corrected chi connectivity index (χ3v) is 7.75. The molecule has 2 N–H and O–H groups in total. The number of benzene rings is 1. The highest BCUT2D eigenvalue weighted by molar-refractivity contribution is 5.95. The van der Waals surface area contributed by atoms with Crippen molar-refractivity contribution in [2.45, 2.75) is 106 Å². The molecule has 5 fully saturated rings. The van der Waals surface area contributed by atoms with Gasteiger partial charge in [-0.25, -0.2) is 4.39 Å². The van der Waals surface area contributed by atoms with Gasteiger partial charge >= 0.3 is 0 Å². The molecular formula is C25H31FN2O7. The molecule has 5 atom stereocenters. The molecule has 2 saturated carbocycles. The molecule has 1 aromatic rings. The van der Waals surface area contributed by atoms with Gasteiger partial charge < -0.3 is 23.7 Å². The summed E-state index contributed by atoms with van der Waals surface area (Å²) in [5.41, 5.74) is 4.83. The first-order valence-electron chi connectivity index (χ1n) is 12.7. The highest BCUT2D eigenvalue weighted by atomic mass is 19.1. The van der Waals surface area contributed by atoms with Crippen LogP contribution < -0.4 is 10.9 Å². The average Bonchev–Trinajstić information content (AvgIpc) is 3.40. The summed E-state index contributed by atoms with van der Waals surface area (Å²) in [6.45, 7) is 0. The molecule has 190 valence electrons. The average molecular weight is 491 g/mol. The Labute approximate surface area is 202 Å². The molecule has 0 unspecified atom stereocenters. The van der Waals surface area contributed by atoms with Crippen molar-refractivity contribution in [3.05, 3.63) is 35.6 Å². The Morgan fingerprint density at radius 1 is 0.800 bits per heavy atom. The lowest BCUT2D eigenvalue weighted by atomic mass is 9.94. The van der Waals surface area contributed by atoms with E-state index < -0.39 is 59.9 Å². The zero-order valence-electron chi connectivity index (χ0n) is 19.5. The van der Waals surface area contributed by atoms with Crippen molar-refractivity contribution in [3.63, 3.8) is 0 Å². The van der Waals surface area contributed by atoms with Crippen molar-refractivity contribution >= 4 is 11.8 Å². The normalized spacial score (nSPS) is 34.8. The maximum absolute atomic E-state index is 13.5. The zero-order valence-corrected chi connectivity index (χ0v) is 19.5. The summed E-state index contributed by atoms with van der Waals surface area (Å²) in [4.78, 5) is 25.6. The number of rotatable bonds is 2. The number of nitrogens with one attached hydrogen (secondary N) is 2. The van der Waals surface area contributed by atoms with Crippen LogP contribution in [0, 0.1) is 5.82 Å². The largest absolute Gasteiger partial charge is 0.341 e. The number of fused-ring (bicyclic) bond motifs is 3. The minimum Gasteiger partial charge on any atom is -0.341 e. The Kier molecular flexibility index (Phi) is 6.04. The second-order valence-electron chi connectivity index (χ2n) is 10.2. The lowest BCUT2D eigenvalue weighted by molar-refractivity contribution is -0.247. The van der Waals surface area contributed by atoms with Crippen LogP contribution in [0.4, 0.5) is 4.39 Å². The van der Waals surface area contributed by atoms with E-state index in [4.69, 9.17) is 23.7 Å². The van der Waals surface area contributed by atoms with Gasteiger partial charge in [0.2, 0.25) is 0 Å². The highest BCUT2D eigenvalue weighted by Crippen LogP contribution is 2.50. The van der Waals surface area contributed by atoms with Crippen LogP contribution in [0.25, 0.3) is 0 Å². The molecule has 35 heavy (non-hydrogen) atoms. The monoisotopic (exact) mass is 490 g/mol. The minimum absolute atomic E-state index is 0.0844. The molecule has 3 aliphatic heterocycles. The second-order valence-corrected chi connectivity index (χ2v) is 10.2. The fourth-order valence-electron chi connectivity index (χ4n) is 6.06. The van der Waals surface area contributed by atoms with Gasteiger partial charge in [-0.05, 0) is 43.9 Å².